The second-order valence-corrected chi connectivity index (χ2v) is 2.30. The van der Waals surface area contributed by atoms with Crippen LogP contribution in [0, 0.1) is 0 Å². The van der Waals surface area contributed by atoms with Gasteiger partial charge in [0, 0.05) is 18.4 Å². The quantitative estimate of drug-likeness (QED) is 0.807. The lowest BCUT2D eigenvalue weighted by Gasteiger charge is -2.08. The Labute approximate surface area is 85.6 Å². The number of nitrogens with one attached hydrogen (secondary N) is 1. The number of pyridine rings is 1. The highest BCUT2D eigenvalue weighted by Crippen LogP contribution is 2.07. The number of rotatable bonds is 2. The Morgan fingerprint density at radius 2 is 2.08 bits per heavy atom. The fraction of sp³-hybridized carbons (Fsp3) is 0.375. The Kier molecular flexibility index (Phi) is 8.71. The standard InChI is InChI=1S/C8H12N2.2ClH/c1-7(9-2)8-4-3-5-10-6-8;;/h3-7,9H,1-2H3;2*1H/t7-;;/m0../s1. The molecule has 1 atom stereocenters. The summed E-state index contributed by atoms with van der Waals surface area (Å²) in [6.45, 7) is 2.11. The molecule has 1 aromatic heterocycles. The molecule has 0 aliphatic rings. The summed E-state index contributed by atoms with van der Waals surface area (Å²) in [4.78, 5) is 4.01. The Morgan fingerprint density at radius 3 is 2.50 bits per heavy atom. The maximum atomic E-state index is 4.01. The second kappa shape index (κ2) is 7.35. The van der Waals surface area contributed by atoms with E-state index < -0.39 is 0 Å². The summed E-state index contributed by atoms with van der Waals surface area (Å²) in [5.74, 6) is 0. The average Bonchev–Trinajstić information content (AvgIpc) is 2.05. The normalized spacial score (nSPS) is 10.8. The van der Waals surface area contributed by atoms with Crippen LogP contribution < -0.4 is 5.32 Å². The van der Waals surface area contributed by atoms with E-state index in [2.05, 4.69) is 23.3 Å². The topological polar surface area (TPSA) is 24.9 Å². The van der Waals surface area contributed by atoms with Gasteiger partial charge in [0.25, 0.3) is 0 Å². The van der Waals surface area contributed by atoms with Gasteiger partial charge < -0.3 is 5.32 Å². The minimum atomic E-state index is 0. The smallest absolute Gasteiger partial charge is 0.0315 e. The molecule has 0 aliphatic carbocycles. The van der Waals surface area contributed by atoms with Gasteiger partial charge in [-0.05, 0) is 25.6 Å². The summed E-state index contributed by atoms with van der Waals surface area (Å²) < 4.78 is 0. The van der Waals surface area contributed by atoms with Gasteiger partial charge in [-0.15, -0.1) is 24.8 Å². The first-order chi connectivity index (χ1) is 4.84. The van der Waals surface area contributed by atoms with Crippen LogP contribution in [-0.4, -0.2) is 12.0 Å². The molecule has 0 amide bonds. The summed E-state index contributed by atoms with van der Waals surface area (Å²) in [6.07, 6.45) is 3.66. The Morgan fingerprint density at radius 1 is 1.42 bits per heavy atom. The lowest BCUT2D eigenvalue weighted by Crippen LogP contribution is -2.12. The van der Waals surface area contributed by atoms with Crippen molar-refractivity contribution in [1.29, 1.82) is 0 Å². The molecule has 0 unspecified atom stereocenters. The van der Waals surface area contributed by atoms with Crippen molar-refractivity contribution in [2.75, 3.05) is 7.05 Å². The van der Waals surface area contributed by atoms with Gasteiger partial charge in [0.05, 0.1) is 0 Å². The number of hydrogen-bond donors (Lipinski definition) is 1. The predicted molar refractivity (Wildman–Crippen MR) is 56.2 cm³/mol. The van der Waals surface area contributed by atoms with Crippen LogP contribution in [0.4, 0.5) is 0 Å². The number of nitrogens with zero attached hydrogens (tertiary/aromatic N) is 1. The van der Waals surface area contributed by atoms with Crippen LogP contribution in [0.25, 0.3) is 0 Å². The van der Waals surface area contributed by atoms with Crippen LogP contribution >= 0.6 is 24.8 Å². The van der Waals surface area contributed by atoms with Gasteiger partial charge in [-0.25, -0.2) is 0 Å². The van der Waals surface area contributed by atoms with Crippen LogP contribution in [0.5, 0.6) is 0 Å². The molecule has 0 aromatic carbocycles. The van der Waals surface area contributed by atoms with Crippen molar-refractivity contribution in [3.63, 3.8) is 0 Å². The number of halogens is 2. The van der Waals surface area contributed by atoms with Crippen LogP contribution in [0.1, 0.15) is 18.5 Å². The second-order valence-electron chi connectivity index (χ2n) is 2.30. The zero-order valence-electron chi connectivity index (χ0n) is 7.15. The Hall–Kier alpha value is -0.310. The Bertz CT molecular complexity index is 192. The van der Waals surface area contributed by atoms with Crippen LogP contribution in [0.3, 0.4) is 0 Å². The molecular weight excluding hydrogens is 195 g/mol. The van der Waals surface area contributed by atoms with Gasteiger partial charge in [-0.3, -0.25) is 4.98 Å². The number of aromatic nitrogens is 1. The molecule has 1 heterocycles. The fourth-order valence-corrected chi connectivity index (χ4v) is 0.799. The molecule has 2 nitrogen and oxygen atoms in total. The molecule has 12 heavy (non-hydrogen) atoms. The lowest BCUT2D eigenvalue weighted by atomic mass is 10.1. The van der Waals surface area contributed by atoms with E-state index in [-0.39, 0.29) is 24.8 Å². The SMILES string of the molecule is CN[C@@H](C)c1cccnc1.Cl.Cl. The summed E-state index contributed by atoms with van der Waals surface area (Å²) >= 11 is 0. The van der Waals surface area contributed by atoms with Crippen LogP contribution in [0.15, 0.2) is 24.5 Å². The average molecular weight is 209 g/mol. The van der Waals surface area contributed by atoms with E-state index in [1.807, 2.05) is 19.3 Å². The summed E-state index contributed by atoms with van der Waals surface area (Å²) in [5.41, 5.74) is 1.23. The highest BCUT2D eigenvalue weighted by Gasteiger charge is 1.98. The molecule has 0 spiro atoms. The highest BCUT2D eigenvalue weighted by molar-refractivity contribution is 5.85. The minimum absolute atomic E-state index is 0. The van der Waals surface area contributed by atoms with Crippen molar-refractivity contribution in [2.45, 2.75) is 13.0 Å². The van der Waals surface area contributed by atoms with Gasteiger partial charge in [0.1, 0.15) is 0 Å². The van der Waals surface area contributed by atoms with Crippen molar-refractivity contribution in [2.24, 2.45) is 0 Å². The van der Waals surface area contributed by atoms with Crippen molar-refractivity contribution >= 4 is 24.8 Å². The summed E-state index contributed by atoms with van der Waals surface area (Å²) in [7, 11) is 1.94. The molecule has 0 fully saturated rings. The molecule has 1 rings (SSSR count). The molecule has 0 saturated carbocycles. The first-order valence-electron chi connectivity index (χ1n) is 3.42. The van der Waals surface area contributed by atoms with E-state index in [1.165, 1.54) is 5.56 Å². The Balaban J connectivity index is 0. The molecule has 0 radical (unpaired) electrons. The van der Waals surface area contributed by atoms with Gasteiger partial charge in [-0.2, -0.15) is 0 Å². The zero-order chi connectivity index (χ0) is 7.40. The summed E-state index contributed by atoms with van der Waals surface area (Å²) in [5, 5.41) is 3.14. The molecule has 4 heteroatoms. The van der Waals surface area contributed by atoms with Crippen molar-refractivity contribution in [3.05, 3.63) is 30.1 Å². The van der Waals surface area contributed by atoms with Crippen molar-refractivity contribution in [3.8, 4) is 0 Å². The first kappa shape index (κ1) is 14.2. The van der Waals surface area contributed by atoms with E-state index in [1.54, 1.807) is 6.20 Å². The van der Waals surface area contributed by atoms with Gasteiger partial charge >= 0.3 is 0 Å². The fourth-order valence-electron chi connectivity index (χ4n) is 0.799. The molecule has 1 N–H and O–H groups in total. The lowest BCUT2D eigenvalue weighted by molar-refractivity contribution is 0.649. The van der Waals surface area contributed by atoms with Crippen LogP contribution in [0.2, 0.25) is 0 Å². The maximum Gasteiger partial charge on any atom is 0.0315 e. The third-order valence-corrected chi connectivity index (χ3v) is 1.62. The molecule has 70 valence electrons. The van der Waals surface area contributed by atoms with Crippen molar-refractivity contribution in [1.82, 2.24) is 10.3 Å². The first-order valence-corrected chi connectivity index (χ1v) is 3.42. The monoisotopic (exact) mass is 208 g/mol. The van der Waals surface area contributed by atoms with Gasteiger partial charge in [0.2, 0.25) is 0 Å². The van der Waals surface area contributed by atoms with Gasteiger partial charge in [-0.1, -0.05) is 6.07 Å². The van der Waals surface area contributed by atoms with E-state index in [9.17, 15) is 0 Å². The van der Waals surface area contributed by atoms with E-state index in [4.69, 9.17) is 0 Å². The largest absolute Gasteiger partial charge is 0.313 e. The van der Waals surface area contributed by atoms with Gasteiger partial charge in [0.15, 0.2) is 0 Å². The van der Waals surface area contributed by atoms with Crippen LogP contribution in [-0.2, 0) is 0 Å². The molecule has 0 aliphatic heterocycles. The molecule has 0 saturated heterocycles. The summed E-state index contributed by atoms with van der Waals surface area (Å²) in [6, 6.07) is 4.41. The molecule has 0 bridgehead atoms. The third-order valence-electron chi connectivity index (χ3n) is 1.62. The molecular formula is C8H14Cl2N2. The highest BCUT2D eigenvalue weighted by atomic mass is 35.5. The van der Waals surface area contributed by atoms with E-state index >= 15 is 0 Å². The van der Waals surface area contributed by atoms with Crippen molar-refractivity contribution < 1.29 is 0 Å². The predicted octanol–water partition coefficient (Wildman–Crippen LogP) is 2.21. The molecule has 1 aromatic rings. The minimum Gasteiger partial charge on any atom is -0.313 e. The van der Waals surface area contributed by atoms with E-state index in [0.717, 1.165) is 0 Å². The van der Waals surface area contributed by atoms with E-state index in [0.29, 0.717) is 6.04 Å². The zero-order valence-corrected chi connectivity index (χ0v) is 8.78. The maximum absolute atomic E-state index is 4.01. The number of hydrogen-bond acceptors (Lipinski definition) is 2. The third kappa shape index (κ3) is 3.90.